The lowest BCUT2D eigenvalue weighted by molar-refractivity contribution is -0.145. The van der Waals surface area contributed by atoms with Crippen molar-refractivity contribution >= 4 is 65.0 Å². The fraction of sp³-hybridized carbons (Fsp3) is 0.532. The van der Waals surface area contributed by atoms with Crippen LogP contribution in [0.25, 0.3) is 11.1 Å². The van der Waals surface area contributed by atoms with Crippen molar-refractivity contribution in [2.75, 3.05) is 96.6 Å². The lowest BCUT2D eigenvalue weighted by Crippen LogP contribution is -2.62. The molecule has 3 aliphatic heterocycles. The molecule has 3 unspecified atom stereocenters. The van der Waals surface area contributed by atoms with E-state index in [1.807, 2.05) is 13.8 Å². The Morgan fingerprint density at radius 2 is 1.31 bits per heavy atom. The highest BCUT2D eigenvalue weighted by atomic mass is 32.2. The Bertz CT molecular complexity index is 4450. The Kier molecular flexibility index (Phi) is 16.5. The number of benzene rings is 3. The topological polar surface area (TPSA) is 302 Å². The van der Waals surface area contributed by atoms with Crippen LogP contribution in [0.1, 0.15) is 108 Å². The predicted molar refractivity (Wildman–Crippen MR) is 341 cm³/mol. The maximum atomic E-state index is 15.1. The second-order valence-corrected chi connectivity index (χ2v) is 32.7. The van der Waals surface area contributed by atoms with E-state index in [0.717, 1.165) is 107 Å². The average molecular weight is 1360 g/mol. The SMILES string of the molecule is COc1cc(-c2cc(F)cc(C(C)C)c2Nc2n[nH]c(S(=O)(=O)N3CCC(N(C)CC4Cc5cc6c(c(Nc7n[nH]c(S(=O)(=O)N8CC9(CN(CC(F)(F)F)CC9C9CCc%10c9cc9c(c%10Nc%10n[nH]c(S(=O)(=O)N(C)C)n%10)CCC9)C8)n7)c5C4)CCC6)CC3)n2)ccn1. The molecule has 502 valence electrons. The Balaban J connectivity index is 0.627. The molecule has 3 fully saturated rings. The molecule has 3 aromatic carbocycles. The fourth-order valence-electron chi connectivity index (χ4n) is 16.1. The lowest BCUT2D eigenvalue weighted by atomic mass is 9.66. The third-order valence-corrected chi connectivity index (χ3v) is 25.5. The van der Waals surface area contributed by atoms with Gasteiger partial charge in [0, 0.05) is 101 Å². The Labute approximate surface area is 542 Å². The number of halogens is 4. The number of aryl methyl sites for hydroxylation is 2. The number of hydrogen-bond acceptors (Lipinski definition) is 19. The number of H-pyrrole nitrogens is 3. The number of anilines is 6. The van der Waals surface area contributed by atoms with Crippen LogP contribution in [-0.2, 0) is 75.0 Å². The molecular weight excluding hydrogens is 1280 g/mol. The third kappa shape index (κ3) is 11.8. The molecule has 3 saturated heterocycles. The molecule has 6 N–H and O–H groups in total. The second-order valence-electron chi connectivity index (χ2n) is 26.9. The first-order chi connectivity index (χ1) is 44.7. The van der Waals surface area contributed by atoms with E-state index in [4.69, 9.17) is 4.74 Å². The minimum atomic E-state index is -4.47. The number of fused-ring (bicyclic) bond motifs is 4. The van der Waals surface area contributed by atoms with E-state index in [2.05, 4.69) is 90.6 Å². The van der Waals surface area contributed by atoms with Crippen molar-refractivity contribution in [2.24, 2.45) is 17.3 Å². The molecule has 7 heterocycles. The standard InChI is InChI=1S/C62H76F4N18O7S3/c1-34(2)46-26-40(63)27-48(38-15-18-67-51(25-38)91-6)54(46)70-57-72-59(78-76-57)93(87,88)83-19-16-41(17-20-83)81(5)28-35-21-39-23-36-9-7-11-42(36)53(47(39)22-35)69-56-73-60(79-75-56)94(89,90)84-31-61(32-84)30-82(33-62(64,65)66)29-50(61)44-13-14-45-49(44)24-37-10-8-12-43(37)52(45)68-55-71-58(77-74-55)92(85,86)80(3)4/h15,18,23-27,34-35,41,44,50H,7-14,16-17,19-22,28-33H2,1-6H3,(H2,68,71,74,77)(H2,69,73,75,79)(H2,70,72,76,78). The van der Waals surface area contributed by atoms with Gasteiger partial charge in [-0.15, -0.1) is 15.3 Å². The number of pyridine rings is 1. The van der Waals surface area contributed by atoms with Crippen molar-refractivity contribution in [2.45, 2.75) is 130 Å². The Morgan fingerprint density at radius 3 is 1.94 bits per heavy atom. The summed E-state index contributed by atoms with van der Waals surface area (Å²) in [5.41, 5.74) is 12.1. The second kappa shape index (κ2) is 24.2. The van der Waals surface area contributed by atoms with Gasteiger partial charge in [-0.25, -0.2) is 54.2 Å². The number of aromatic nitrogens is 10. The molecule has 0 bridgehead atoms. The molecule has 3 atom stereocenters. The highest BCUT2D eigenvalue weighted by Gasteiger charge is 2.61. The van der Waals surface area contributed by atoms with Gasteiger partial charge < -0.3 is 25.6 Å². The maximum Gasteiger partial charge on any atom is 0.401 e. The molecule has 7 aliphatic rings. The van der Waals surface area contributed by atoms with Gasteiger partial charge in [0.2, 0.25) is 23.7 Å². The van der Waals surface area contributed by atoms with Crippen LogP contribution in [0.3, 0.4) is 0 Å². The van der Waals surface area contributed by atoms with Gasteiger partial charge in [0.25, 0.3) is 45.5 Å². The molecule has 1 spiro atoms. The zero-order valence-corrected chi connectivity index (χ0v) is 55.5. The monoisotopic (exact) mass is 1360 g/mol. The van der Waals surface area contributed by atoms with Gasteiger partial charge in [0.15, 0.2) is 0 Å². The number of alkyl halides is 3. The Hall–Kier alpha value is -7.20. The summed E-state index contributed by atoms with van der Waals surface area (Å²) in [5.74, 6) is -0.286. The van der Waals surface area contributed by atoms with Crippen LogP contribution in [-0.4, -0.2) is 191 Å². The molecule has 0 saturated carbocycles. The molecular formula is C62H76F4N18O7S3. The van der Waals surface area contributed by atoms with Crippen molar-refractivity contribution in [1.82, 2.24) is 73.2 Å². The minimum Gasteiger partial charge on any atom is -0.481 e. The highest BCUT2D eigenvalue weighted by molar-refractivity contribution is 7.89. The summed E-state index contributed by atoms with van der Waals surface area (Å²) in [6.45, 7) is 4.24. The van der Waals surface area contributed by atoms with Crippen LogP contribution in [0.5, 0.6) is 5.88 Å². The number of aromatic amines is 3. The maximum absolute atomic E-state index is 15.1. The molecule has 25 nitrogen and oxygen atoms in total. The van der Waals surface area contributed by atoms with Crippen molar-refractivity contribution in [3.05, 3.63) is 98.5 Å². The number of sulfonamides is 3. The van der Waals surface area contributed by atoms with Crippen molar-refractivity contribution in [1.29, 1.82) is 0 Å². The molecule has 7 aromatic rings. The largest absolute Gasteiger partial charge is 0.481 e. The van der Waals surface area contributed by atoms with E-state index in [-0.39, 0.29) is 102 Å². The van der Waals surface area contributed by atoms with Crippen molar-refractivity contribution in [3.63, 3.8) is 0 Å². The van der Waals surface area contributed by atoms with Crippen LogP contribution in [0, 0.1) is 23.1 Å². The molecule has 4 aliphatic carbocycles. The minimum absolute atomic E-state index is 0.00234. The Morgan fingerprint density at radius 1 is 0.702 bits per heavy atom. The summed E-state index contributed by atoms with van der Waals surface area (Å²) in [7, 11) is -5.88. The summed E-state index contributed by atoms with van der Waals surface area (Å²) in [6.07, 6.45) is 6.26. The van der Waals surface area contributed by atoms with E-state index in [1.165, 1.54) is 58.0 Å². The van der Waals surface area contributed by atoms with Crippen molar-refractivity contribution < 1.29 is 47.6 Å². The van der Waals surface area contributed by atoms with E-state index in [9.17, 15) is 38.4 Å². The van der Waals surface area contributed by atoms with E-state index < -0.39 is 54.0 Å². The molecule has 32 heteroatoms. The smallest absolute Gasteiger partial charge is 0.401 e. The summed E-state index contributed by atoms with van der Waals surface area (Å²) in [4.78, 5) is 21.1. The van der Waals surface area contributed by atoms with Crippen LogP contribution in [0.15, 0.2) is 58.1 Å². The van der Waals surface area contributed by atoms with Gasteiger partial charge in [0.05, 0.1) is 19.3 Å². The number of rotatable bonds is 20. The van der Waals surface area contributed by atoms with Crippen LogP contribution < -0.4 is 20.7 Å². The third-order valence-electron chi connectivity index (χ3n) is 20.5. The van der Waals surface area contributed by atoms with Crippen LogP contribution in [0.2, 0.25) is 0 Å². The van der Waals surface area contributed by atoms with Gasteiger partial charge in [-0.2, -0.15) is 36.7 Å². The van der Waals surface area contributed by atoms with E-state index in [1.54, 1.807) is 18.3 Å². The van der Waals surface area contributed by atoms with Gasteiger partial charge >= 0.3 is 6.18 Å². The van der Waals surface area contributed by atoms with Gasteiger partial charge in [0.1, 0.15) is 5.82 Å². The van der Waals surface area contributed by atoms with Gasteiger partial charge in [-0.3, -0.25) is 4.90 Å². The zero-order chi connectivity index (χ0) is 66.0. The number of piperidine rings is 1. The van der Waals surface area contributed by atoms with Gasteiger partial charge in [-0.1, -0.05) is 26.0 Å². The average Bonchev–Trinajstić information content (AvgIpc) is 1.50. The summed E-state index contributed by atoms with van der Waals surface area (Å²) >= 11 is 0. The highest BCUT2D eigenvalue weighted by Crippen LogP contribution is 2.57. The molecule has 14 rings (SSSR count). The first-order valence-electron chi connectivity index (χ1n) is 31.9. The van der Waals surface area contributed by atoms with Crippen molar-refractivity contribution in [3.8, 4) is 17.0 Å². The van der Waals surface area contributed by atoms with Crippen LogP contribution >= 0.6 is 0 Å². The number of nitrogens with zero attached hydrogens (tertiary/aromatic N) is 12. The summed E-state index contributed by atoms with van der Waals surface area (Å²) in [6, 6.07) is 10.8. The quantitative estimate of drug-likeness (QED) is 0.0401. The number of nitrogens with one attached hydrogen (secondary N) is 6. The summed E-state index contributed by atoms with van der Waals surface area (Å²) in [5, 5.41) is 29.7. The first kappa shape index (κ1) is 64.2. The fourth-order valence-corrected chi connectivity index (χ4v) is 19.5. The number of ether oxygens (including phenoxy) is 1. The van der Waals surface area contributed by atoms with Gasteiger partial charge in [-0.05, 0) is 182 Å². The first-order valence-corrected chi connectivity index (χ1v) is 36.3. The molecule has 0 amide bonds. The number of methoxy groups -OCH3 is 1. The number of hydrogen-bond donors (Lipinski definition) is 6. The molecule has 94 heavy (non-hydrogen) atoms. The lowest BCUT2D eigenvalue weighted by Gasteiger charge is -2.51. The normalized spacial score (nSPS) is 21.0. The summed E-state index contributed by atoms with van der Waals surface area (Å²) < 4.78 is 150. The molecule has 0 radical (unpaired) electrons. The predicted octanol–water partition coefficient (Wildman–Crippen LogP) is 7.55. The number of likely N-dealkylation sites (tertiary alicyclic amines) is 1. The molecule has 4 aromatic heterocycles. The van der Waals surface area contributed by atoms with E-state index in [0.29, 0.717) is 53.9 Å². The zero-order valence-electron chi connectivity index (χ0n) is 53.0. The van der Waals surface area contributed by atoms with Crippen LogP contribution in [0.4, 0.5) is 52.5 Å². The van der Waals surface area contributed by atoms with E-state index >= 15 is 4.39 Å².